The van der Waals surface area contributed by atoms with Crippen molar-refractivity contribution in [2.75, 3.05) is 11.6 Å². The highest BCUT2D eigenvalue weighted by Crippen LogP contribution is 2.18. The lowest BCUT2D eigenvalue weighted by molar-refractivity contribution is 0.706. The quantitative estimate of drug-likeness (QED) is 0.754. The second-order valence-corrected chi connectivity index (χ2v) is 5.68. The number of benzene rings is 2. The van der Waals surface area contributed by atoms with Crippen LogP contribution in [0.25, 0.3) is 0 Å². The van der Waals surface area contributed by atoms with Crippen molar-refractivity contribution >= 4 is 17.4 Å². The van der Waals surface area contributed by atoms with Crippen molar-refractivity contribution in [2.45, 2.75) is 30.7 Å². The third-order valence-electron chi connectivity index (χ3n) is 3.21. The van der Waals surface area contributed by atoms with Crippen LogP contribution in [-0.2, 0) is 6.42 Å². The van der Waals surface area contributed by atoms with Gasteiger partial charge in [0.2, 0.25) is 0 Å². The fourth-order valence-corrected chi connectivity index (χ4v) is 2.48. The van der Waals surface area contributed by atoms with Crippen LogP contribution in [0.4, 0.5) is 5.69 Å². The van der Waals surface area contributed by atoms with Gasteiger partial charge in [0, 0.05) is 16.6 Å². The lowest BCUT2D eigenvalue weighted by atomic mass is 10.1. The molecule has 1 atom stereocenters. The van der Waals surface area contributed by atoms with Crippen LogP contribution >= 0.6 is 11.8 Å². The molecule has 19 heavy (non-hydrogen) atoms. The van der Waals surface area contributed by atoms with Crippen molar-refractivity contribution in [3.8, 4) is 0 Å². The normalized spacial score (nSPS) is 12.1. The first kappa shape index (κ1) is 14.0. The van der Waals surface area contributed by atoms with Gasteiger partial charge in [-0.25, -0.2) is 0 Å². The van der Waals surface area contributed by atoms with E-state index in [4.69, 9.17) is 0 Å². The van der Waals surface area contributed by atoms with Crippen LogP contribution in [0, 0.1) is 0 Å². The fraction of sp³-hybridized carbons (Fsp3) is 0.294. The number of hydrogen-bond acceptors (Lipinski definition) is 2. The first-order valence-corrected chi connectivity index (χ1v) is 7.95. The standard InChI is InChI=1S/C17H21NS/c1-14(8-9-15-6-4-3-5-7-15)18-16-10-12-17(19-2)13-11-16/h3-7,10-14,18H,8-9H2,1-2H3. The molecule has 0 aliphatic heterocycles. The molecular weight excluding hydrogens is 250 g/mol. The van der Waals surface area contributed by atoms with Gasteiger partial charge < -0.3 is 5.32 Å². The molecule has 0 saturated carbocycles. The summed E-state index contributed by atoms with van der Waals surface area (Å²) in [5.74, 6) is 0. The predicted molar refractivity (Wildman–Crippen MR) is 86.1 cm³/mol. The van der Waals surface area contributed by atoms with Crippen molar-refractivity contribution in [1.29, 1.82) is 0 Å². The molecule has 0 heterocycles. The average molecular weight is 271 g/mol. The van der Waals surface area contributed by atoms with E-state index in [0.29, 0.717) is 6.04 Å². The summed E-state index contributed by atoms with van der Waals surface area (Å²) in [5, 5.41) is 3.55. The van der Waals surface area contributed by atoms with Crippen LogP contribution in [0.15, 0.2) is 59.5 Å². The summed E-state index contributed by atoms with van der Waals surface area (Å²) in [6, 6.07) is 19.8. The Balaban J connectivity index is 1.82. The van der Waals surface area contributed by atoms with Gasteiger partial charge in [0.1, 0.15) is 0 Å². The van der Waals surface area contributed by atoms with Crippen molar-refractivity contribution < 1.29 is 0 Å². The van der Waals surface area contributed by atoms with Gasteiger partial charge in [0.05, 0.1) is 0 Å². The minimum absolute atomic E-state index is 0.486. The maximum Gasteiger partial charge on any atom is 0.0342 e. The van der Waals surface area contributed by atoms with E-state index in [1.165, 1.54) is 16.1 Å². The van der Waals surface area contributed by atoms with Crippen molar-refractivity contribution in [1.82, 2.24) is 0 Å². The molecule has 0 radical (unpaired) electrons. The van der Waals surface area contributed by atoms with E-state index in [1.807, 2.05) is 0 Å². The van der Waals surface area contributed by atoms with Crippen LogP contribution < -0.4 is 5.32 Å². The molecule has 2 rings (SSSR count). The zero-order valence-electron chi connectivity index (χ0n) is 11.6. The minimum Gasteiger partial charge on any atom is -0.383 e. The molecule has 0 bridgehead atoms. The average Bonchev–Trinajstić information content (AvgIpc) is 2.47. The molecule has 1 N–H and O–H groups in total. The Morgan fingerprint density at radius 1 is 1.00 bits per heavy atom. The monoisotopic (exact) mass is 271 g/mol. The second kappa shape index (κ2) is 7.25. The summed E-state index contributed by atoms with van der Waals surface area (Å²) < 4.78 is 0. The van der Waals surface area contributed by atoms with E-state index in [9.17, 15) is 0 Å². The molecule has 0 spiro atoms. The minimum atomic E-state index is 0.486. The first-order valence-electron chi connectivity index (χ1n) is 6.72. The zero-order chi connectivity index (χ0) is 13.5. The number of anilines is 1. The van der Waals surface area contributed by atoms with E-state index in [0.717, 1.165) is 12.8 Å². The highest BCUT2D eigenvalue weighted by atomic mass is 32.2. The molecule has 1 unspecified atom stereocenters. The largest absolute Gasteiger partial charge is 0.383 e. The molecule has 0 fully saturated rings. The summed E-state index contributed by atoms with van der Waals surface area (Å²) in [6.07, 6.45) is 4.37. The summed E-state index contributed by atoms with van der Waals surface area (Å²) in [4.78, 5) is 1.31. The Labute approximate surface area is 120 Å². The molecule has 0 aliphatic rings. The molecule has 0 amide bonds. The van der Waals surface area contributed by atoms with Gasteiger partial charge in [-0.2, -0.15) is 0 Å². The van der Waals surface area contributed by atoms with Crippen LogP contribution in [0.2, 0.25) is 0 Å². The van der Waals surface area contributed by atoms with Gasteiger partial charge in [-0.3, -0.25) is 0 Å². The van der Waals surface area contributed by atoms with Gasteiger partial charge in [-0.1, -0.05) is 30.3 Å². The molecule has 0 aromatic heterocycles. The van der Waals surface area contributed by atoms with Crippen LogP contribution in [0.1, 0.15) is 18.9 Å². The Morgan fingerprint density at radius 2 is 1.68 bits per heavy atom. The zero-order valence-corrected chi connectivity index (χ0v) is 12.4. The first-order chi connectivity index (χ1) is 9.28. The van der Waals surface area contributed by atoms with E-state index in [1.54, 1.807) is 11.8 Å². The molecule has 0 aliphatic carbocycles. The number of aryl methyl sites for hydroxylation is 1. The van der Waals surface area contributed by atoms with E-state index in [-0.39, 0.29) is 0 Å². The van der Waals surface area contributed by atoms with Crippen molar-refractivity contribution in [2.24, 2.45) is 0 Å². The van der Waals surface area contributed by atoms with E-state index >= 15 is 0 Å². The summed E-state index contributed by atoms with van der Waals surface area (Å²) in [6.45, 7) is 2.24. The second-order valence-electron chi connectivity index (χ2n) is 4.80. The Kier molecular flexibility index (Phi) is 5.34. The van der Waals surface area contributed by atoms with Crippen molar-refractivity contribution in [3.63, 3.8) is 0 Å². The maximum absolute atomic E-state index is 3.55. The molecular formula is C17H21NS. The Hall–Kier alpha value is -1.41. The van der Waals surface area contributed by atoms with Gasteiger partial charge in [-0.15, -0.1) is 11.8 Å². The van der Waals surface area contributed by atoms with Crippen LogP contribution in [0.3, 0.4) is 0 Å². The Bertz CT molecular complexity index is 478. The highest BCUT2D eigenvalue weighted by Gasteiger charge is 2.02. The fourth-order valence-electron chi connectivity index (χ4n) is 2.07. The molecule has 2 aromatic rings. The highest BCUT2D eigenvalue weighted by molar-refractivity contribution is 7.98. The summed E-state index contributed by atoms with van der Waals surface area (Å²) >= 11 is 1.78. The summed E-state index contributed by atoms with van der Waals surface area (Å²) in [7, 11) is 0. The molecule has 1 nitrogen and oxygen atoms in total. The number of thioether (sulfide) groups is 1. The SMILES string of the molecule is CSc1ccc(NC(C)CCc2ccccc2)cc1. The third-order valence-corrected chi connectivity index (χ3v) is 3.96. The summed E-state index contributed by atoms with van der Waals surface area (Å²) in [5.41, 5.74) is 2.62. The Morgan fingerprint density at radius 3 is 2.32 bits per heavy atom. The third kappa shape index (κ3) is 4.64. The molecule has 2 aromatic carbocycles. The number of rotatable bonds is 6. The molecule has 0 saturated heterocycles. The maximum atomic E-state index is 3.55. The lowest BCUT2D eigenvalue weighted by Gasteiger charge is -2.15. The number of hydrogen-bond donors (Lipinski definition) is 1. The smallest absolute Gasteiger partial charge is 0.0342 e. The van der Waals surface area contributed by atoms with E-state index in [2.05, 4.69) is 73.1 Å². The topological polar surface area (TPSA) is 12.0 Å². The lowest BCUT2D eigenvalue weighted by Crippen LogP contribution is -2.15. The van der Waals surface area contributed by atoms with Crippen molar-refractivity contribution in [3.05, 3.63) is 60.2 Å². The van der Waals surface area contributed by atoms with Crippen LogP contribution in [-0.4, -0.2) is 12.3 Å². The molecule has 2 heteroatoms. The van der Waals surface area contributed by atoms with Crippen LogP contribution in [0.5, 0.6) is 0 Å². The van der Waals surface area contributed by atoms with Gasteiger partial charge in [0.15, 0.2) is 0 Å². The predicted octanol–water partition coefficient (Wildman–Crippen LogP) is 4.84. The van der Waals surface area contributed by atoms with Gasteiger partial charge in [0.25, 0.3) is 0 Å². The van der Waals surface area contributed by atoms with Gasteiger partial charge >= 0.3 is 0 Å². The van der Waals surface area contributed by atoms with E-state index < -0.39 is 0 Å². The number of nitrogens with one attached hydrogen (secondary N) is 1. The molecule has 100 valence electrons. The van der Waals surface area contributed by atoms with Gasteiger partial charge in [-0.05, 0) is 55.9 Å².